The fraction of sp³-hybridized carbons (Fsp3) is 0.111. The number of carboxylic acids is 1. The highest BCUT2D eigenvalue weighted by Gasteiger charge is 2.21. The van der Waals surface area contributed by atoms with Crippen molar-refractivity contribution in [3.8, 4) is 17.0 Å². The molecule has 0 unspecified atom stereocenters. The summed E-state index contributed by atoms with van der Waals surface area (Å²) in [6.45, 7) is 2.27. The minimum Gasteiger partial charge on any atom is -0.489 e. The molecule has 0 aliphatic heterocycles. The van der Waals surface area contributed by atoms with Gasteiger partial charge in [0.05, 0.1) is 11.1 Å². The maximum Gasteiger partial charge on any atom is 0.336 e. The number of nitrogens with one attached hydrogen (secondary N) is 1. The van der Waals surface area contributed by atoms with Crippen molar-refractivity contribution in [1.29, 1.82) is 0 Å². The minimum absolute atomic E-state index is 0.114. The summed E-state index contributed by atoms with van der Waals surface area (Å²) in [5.41, 5.74) is 3.99. The third-order valence-corrected chi connectivity index (χ3v) is 5.86. The quantitative estimate of drug-likeness (QED) is 0.335. The highest BCUT2D eigenvalue weighted by Crippen LogP contribution is 2.31. The SMILES string of the molecule is Cc1c(C(=O)Nc2ccc(OCc3ccccc3)cc2)cc(-c2cc(Cl)ccc2C(=O)O)n1C. The van der Waals surface area contributed by atoms with Crippen LogP contribution in [0.3, 0.4) is 0 Å². The number of aromatic carboxylic acids is 1. The topological polar surface area (TPSA) is 80.6 Å². The van der Waals surface area contributed by atoms with Crippen molar-refractivity contribution in [1.82, 2.24) is 4.57 Å². The maximum atomic E-state index is 13.0. The Morgan fingerprint density at radius 3 is 2.35 bits per heavy atom. The van der Waals surface area contributed by atoms with Crippen LogP contribution in [0.2, 0.25) is 5.02 Å². The number of hydrogen-bond donors (Lipinski definition) is 2. The van der Waals surface area contributed by atoms with E-state index >= 15 is 0 Å². The summed E-state index contributed by atoms with van der Waals surface area (Å²) in [6, 6.07) is 23.3. The molecule has 0 spiro atoms. The zero-order valence-corrected chi connectivity index (χ0v) is 19.5. The Balaban J connectivity index is 1.51. The summed E-state index contributed by atoms with van der Waals surface area (Å²) >= 11 is 6.12. The summed E-state index contributed by atoms with van der Waals surface area (Å²) in [5.74, 6) is -0.663. The van der Waals surface area contributed by atoms with Gasteiger partial charge in [-0.3, -0.25) is 4.79 Å². The van der Waals surface area contributed by atoms with Crippen LogP contribution in [-0.4, -0.2) is 21.6 Å². The van der Waals surface area contributed by atoms with Gasteiger partial charge in [0.15, 0.2) is 0 Å². The van der Waals surface area contributed by atoms with Crippen LogP contribution in [0.1, 0.15) is 32.0 Å². The second-order valence-electron chi connectivity index (χ2n) is 7.84. The van der Waals surface area contributed by atoms with Gasteiger partial charge in [0.1, 0.15) is 12.4 Å². The van der Waals surface area contributed by atoms with E-state index in [1.54, 1.807) is 48.0 Å². The van der Waals surface area contributed by atoms with E-state index in [0.29, 0.717) is 45.6 Å². The molecule has 4 rings (SSSR count). The number of nitrogens with zero attached hydrogens (tertiary/aromatic N) is 1. The van der Waals surface area contributed by atoms with Crippen molar-refractivity contribution in [3.05, 3.63) is 106 Å². The molecule has 172 valence electrons. The molecule has 3 aromatic carbocycles. The van der Waals surface area contributed by atoms with Crippen LogP contribution in [0, 0.1) is 6.92 Å². The van der Waals surface area contributed by atoms with Crippen molar-refractivity contribution in [2.45, 2.75) is 13.5 Å². The van der Waals surface area contributed by atoms with Crippen molar-refractivity contribution in [2.24, 2.45) is 7.05 Å². The molecule has 4 aromatic rings. The van der Waals surface area contributed by atoms with Crippen LogP contribution >= 0.6 is 11.6 Å². The lowest BCUT2D eigenvalue weighted by Gasteiger charge is -2.09. The maximum absolute atomic E-state index is 13.0. The van der Waals surface area contributed by atoms with Crippen LogP contribution in [-0.2, 0) is 13.7 Å². The number of carboxylic acid groups (broad SMARTS) is 1. The molecule has 0 saturated carbocycles. The number of hydrogen-bond acceptors (Lipinski definition) is 3. The predicted octanol–water partition coefficient (Wildman–Crippen LogP) is 6.18. The molecule has 1 amide bonds. The Bertz CT molecular complexity index is 1350. The van der Waals surface area contributed by atoms with E-state index in [-0.39, 0.29) is 11.5 Å². The van der Waals surface area contributed by atoms with Gasteiger partial charge in [0, 0.05) is 34.7 Å². The molecule has 1 heterocycles. The lowest BCUT2D eigenvalue weighted by atomic mass is 10.0. The number of aromatic nitrogens is 1. The highest BCUT2D eigenvalue weighted by atomic mass is 35.5. The summed E-state index contributed by atoms with van der Waals surface area (Å²) < 4.78 is 7.57. The average molecular weight is 475 g/mol. The Kier molecular flexibility index (Phi) is 6.70. The van der Waals surface area contributed by atoms with Crippen molar-refractivity contribution in [2.75, 3.05) is 5.32 Å². The first kappa shape index (κ1) is 23.1. The van der Waals surface area contributed by atoms with Crippen LogP contribution in [0.15, 0.2) is 78.9 Å². The summed E-state index contributed by atoms with van der Waals surface area (Å²) in [7, 11) is 1.78. The first-order valence-corrected chi connectivity index (χ1v) is 11.0. The van der Waals surface area contributed by atoms with Crippen molar-refractivity contribution in [3.63, 3.8) is 0 Å². The second-order valence-corrected chi connectivity index (χ2v) is 8.27. The normalized spacial score (nSPS) is 10.7. The number of rotatable bonds is 7. The standard InChI is InChI=1S/C27H23ClN2O4/c1-17-23(15-25(30(17)2)24-14-19(28)8-13-22(24)27(32)33)26(31)29-20-9-11-21(12-10-20)34-16-18-6-4-3-5-7-18/h3-15H,16H2,1-2H3,(H,29,31)(H,32,33). The van der Waals surface area contributed by atoms with Crippen LogP contribution < -0.4 is 10.1 Å². The molecule has 0 radical (unpaired) electrons. The largest absolute Gasteiger partial charge is 0.489 e. The Morgan fingerprint density at radius 2 is 1.68 bits per heavy atom. The van der Waals surface area contributed by atoms with Gasteiger partial charge in [-0.15, -0.1) is 0 Å². The van der Waals surface area contributed by atoms with Gasteiger partial charge in [-0.2, -0.15) is 0 Å². The van der Waals surface area contributed by atoms with Crippen LogP contribution in [0.4, 0.5) is 5.69 Å². The molecule has 0 fully saturated rings. The number of carbonyl (C=O) groups is 2. The first-order chi connectivity index (χ1) is 16.3. The zero-order chi connectivity index (χ0) is 24.2. The Hall–Kier alpha value is -4.03. The average Bonchev–Trinajstić information content (AvgIpc) is 3.13. The van der Waals surface area contributed by atoms with Gasteiger partial charge in [0.25, 0.3) is 5.91 Å². The van der Waals surface area contributed by atoms with E-state index < -0.39 is 5.97 Å². The third-order valence-electron chi connectivity index (χ3n) is 5.63. The molecular weight excluding hydrogens is 452 g/mol. The van der Waals surface area contributed by atoms with Gasteiger partial charge in [0.2, 0.25) is 0 Å². The van der Waals surface area contributed by atoms with Gasteiger partial charge in [-0.25, -0.2) is 4.79 Å². The van der Waals surface area contributed by atoms with Gasteiger partial charge < -0.3 is 19.7 Å². The third kappa shape index (κ3) is 4.97. The number of ether oxygens (including phenoxy) is 1. The lowest BCUT2D eigenvalue weighted by Crippen LogP contribution is -2.12. The lowest BCUT2D eigenvalue weighted by molar-refractivity contribution is 0.0697. The van der Waals surface area contributed by atoms with Crippen molar-refractivity contribution < 1.29 is 19.4 Å². The summed E-state index contributed by atoms with van der Waals surface area (Å²) in [4.78, 5) is 24.7. The molecule has 0 saturated heterocycles. The van der Waals surface area contributed by atoms with Gasteiger partial charge in [-0.05, 0) is 61.0 Å². The monoisotopic (exact) mass is 474 g/mol. The second kappa shape index (κ2) is 9.85. The number of benzene rings is 3. The van der Waals surface area contributed by atoms with E-state index in [1.165, 1.54) is 12.1 Å². The molecule has 34 heavy (non-hydrogen) atoms. The number of anilines is 1. The molecule has 2 N–H and O–H groups in total. The molecule has 6 nitrogen and oxygen atoms in total. The number of halogens is 1. The molecular formula is C27H23ClN2O4. The Morgan fingerprint density at radius 1 is 0.971 bits per heavy atom. The van der Waals surface area contributed by atoms with E-state index in [9.17, 15) is 14.7 Å². The van der Waals surface area contributed by atoms with E-state index in [4.69, 9.17) is 16.3 Å². The summed E-state index contributed by atoms with van der Waals surface area (Å²) in [6.07, 6.45) is 0. The van der Waals surface area contributed by atoms with Crippen LogP contribution in [0.25, 0.3) is 11.3 Å². The first-order valence-electron chi connectivity index (χ1n) is 10.6. The highest BCUT2D eigenvalue weighted by molar-refractivity contribution is 6.31. The van der Waals surface area contributed by atoms with Gasteiger partial charge >= 0.3 is 5.97 Å². The fourth-order valence-electron chi connectivity index (χ4n) is 3.68. The zero-order valence-electron chi connectivity index (χ0n) is 18.7. The molecule has 0 aliphatic carbocycles. The molecule has 0 atom stereocenters. The minimum atomic E-state index is -1.06. The molecule has 0 bridgehead atoms. The Labute approximate surface area is 202 Å². The predicted molar refractivity (Wildman–Crippen MR) is 133 cm³/mol. The van der Waals surface area contributed by atoms with E-state index in [0.717, 1.165) is 5.56 Å². The smallest absolute Gasteiger partial charge is 0.336 e. The number of carbonyl (C=O) groups excluding carboxylic acids is 1. The summed E-state index contributed by atoms with van der Waals surface area (Å²) in [5, 5.41) is 12.9. The molecule has 0 aliphatic rings. The molecule has 7 heteroatoms. The fourth-order valence-corrected chi connectivity index (χ4v) is 3.85. The molecule has 1 aromatic heterocycles. The van der Waals surface area contributed by atoms with Crippen molar-refractivity contribution >= 4 is 29.2 Å². The van der Waals surface area contributed by atoms with Gasteiger partial charge in [-0.1, -0.05) is 41.9 Å². The van der Waals surface area contributed by atoms with E-state index in [2.05, 4.69) is 5.32 Å². The van der Waals surface area contributed by atoms with Crippen LogP contribution in [0.5, 0.6) is 5.75 Å². The van der Waals surface area contributed by atoms with E-state index in [1.807, 2.05) is 37.3 Å². The number of amides is 1.